The summed E-state index contributed by atoms with van der Waals surface area (Å²) in [4.78, 5) is 14.2. The number of hydrogen-bond donors (Lipinski definition) is 2. The normalized spacial score (nSPS) is 12.5. The number of benzene rings is 1. The second kappa shape index (κ2) is 9.43. The number of nitrogens with one attached hydrogen (secondary N) is 1. The number of carbonyl (C=O) groups excluding carboxylic acids is 1. The van der Waals surface area contributed by atoms with Crippen molar-refractivity contribution in [1.29, 1.82) is 0 Å². The predicted molar refractivity (Wildman–Crippen MR) is 91.2 cm³/mol. The molecule has 0 bridgehead atoms. The molecule has 0 aliphatic heterocycles. The van der Waals surface area contributed by atoms with Crippen LogP contribution in [-0.2, 0) is 4.79 Å². The SMILES string of the molecule is CCN(CC)CCOc1ccc(NC(=O)C(N)C(C)C)cc1. The van der Waals surface area contributed by atoms with Crippen LogP contribution < -0.4 is 15.8 Å². The maximum atomic E-state index is 11.9. The van der Waals surface area contributed by atoms with Crippen LogP contribution in [0.3, 0.4) is 0 Å². The van der Waals surface area contributed by atoms with E-state index >= 15 is 0 Å². The predicted octanol–water partition coefficient (Wildman–Crippen LogP) is 2.33. The van der Waals surface area contributed by atoms with Crippen LogP contribution in [-0.4, -0.2) is 43.1 Å². The Labute approximate surface area is 133 Å². The van der Waals surface area contributed by atoms with E-state index in [0.29, 0.717) is 6.61 Å². The summed E-state index contributed by atoms with van der Waals surface area (Å²) in [7, 11) is 0. The molecule has 5 heteroatoms. The first-order chi connectivity index (χ1) is 10.5. The zero-order valence-corrected chi connectivity index (χ0v) is 14.1. The van der Waals surface area contributed by atoms with Crippen molar-refractivity contribution in [2.45, 2.75) is 33.7 Å². The summed E-state index contributed by atoms with van der Waals surface area (Å²) in [6.45, 7) is 11.8. The first kappa shape index (κ1) is 18.5. The largest absolute Gasteiger partial charge is 0.492 e. The minimum atomic E-state index is -0.495. The van der Waals surface area contributed by atoms with Gasteiger partial charge in [-0.15, -0.1) is 0 Å². The highest BCUT2D eigenvalue weighted by atomic mass is 16.5. The molecule has 0 heterocycles. The third kappa shape index (κ3) is 6.03. The average molecular weight is 307 g/mol. The first-order valence-corrected chi connectivity index (χ1v) is 7.99. The van der Waals surface area contributed by atoms with Crippen molar-refractivity contribution in [3.63, 3.8) is 0 Å². The molecule has 0 fully saturated rings. The quantitative estimate of drug-likeness (QED) is 0.735. The van der Waals surface area contributed by atoms with Gasteiger partial charge in [0.05, 0.1) is 6.04 Å². The van der Waals surface area contributed by atoms with Crippen LogP contribution in [0.5, 0.6) is 5.75 Å². The maximum absolute atomic E-state index is 11.9. The van der Waals surface area contributed by atoms with Gasteiger partial charge in [-0.2, -0.15) is 0 Å². The van der Waals surface area contributed by atoms with Gasteiger partial charge in [-0.05, 0) is 43.3 Å². The zero-order valence-electron chi connectivity index (χ0n) is 14.1. The number of nitrogens with zero attached hydrogens (tertiary/aromatic N) is 1. The molecule has 0 aromatic heterocycles. The topological polar surface area (TPSA) is 67.6 Å². The second-order valence-corrected chi connectivity index (χ2v) is 5.66. The molecule has 0 spiro atoms. The van der Waals surface area contributed by atoms with Gasteiger partial charge in [0, 0.05) is 12.2 Å². The highest BCUT2D eigenvalue weighted by molar-refractivity contribution is 5.94. The molecule has 1 amide bonds. The number of likely N-dealkylation sites (N-methyl/N-ethyl adjacent to an activating group) is 1. The molecule has 1 aromatic rings. The highest BCUT2D eigenvalue weighted by Gasteiger charge is 2.16. The van der Waals surface area contributed by atoms with Crippen LogP contribution in [0.15, 0.2) is 24.3 Å². The van der Waals surface area contributed by atoms with Crippen molar-refractivity contribution in [3.05, 3.63) is 24.3 Å². The Morgan fingerprint density at radius 3 is 2.32 bits per heavy atom. The number of carbonyl (C=O) groups is 1. The Kier molecular flexibility index (Phi) is 7.91. The van der Waals surface area contributed by atoms with Crippen LogP contribution in [0.25, 0.3) is 0 Å². The number of nitrogens with two attached hydrogens (primary N) is 1. The van der Waals surface area contributed by atoms with E-state index in [1.54, 1.807) is 0 Å². The summed E-state index contributed by atoms with van der Waals surface area (Å²) in [6.07, 6.45) is 0. The lowest BCUT2D eigenvalue weighted by atomic mass is 10.1. The first-order valence-electron chi connectivity index (χ1n) is 7.99. The minimum Gasteiger partial charge on any atom is -0.492 e. The summed E-state index contributed by atoms with van der Waals surface area (Å²) in [5, 5.41) is 2.82. The van der Waals surface area contributed by atoms with Crippen molar-refractivity contribution in [2.75, 3.05) is 31.6 Å². The van der Waals surface area contributed by atoms with E-state index in [1.807, 2.05) is 38.1 Å². The molecule has 1 atom stereocenters. The Bertz CT molecular complexity index is 442. The molecule has 1 aromatic carbocycles. The highest BCUT2D eigenvalue weighted by Crippen LogP contribution is 2.16. The molecule has 1 unspecified atom stereocenters. The summed E-state index contributed by atoms with van der Waals surface area (Å²) >= 11 is 0. The van der Waals surface area contributed by atoms with E-state index in [1.165, 1.54) is 0 Å². The fraction of sp³-hybridized carbons (Fsp3) is 0.588. The van der Waals surface area contributed by atoms with E-state index in [0.717, 1.165) is 31.1 Å². The molecule has 0 saturated carbocycles. The third-order valence-electron chi connectivity index (χ3n) is 3.71. The van der Waals surface area contributed by atoms with Gasteiger partial charge < -0.3 is 20.7 Å². The van der Waals surface area contributed by atoms with Gasteiger partial charge in [0.25, 0.3) is 0 Å². The lowest BCUT2D eigenvalue weighted by Gasteiger charge is -2.18. The lowest BCUT2D eigenvalue weighted by Crippen LogP contribution is -2.39. The van der Waals surface area contributed by atoms with Crippen molar-refractivity contribution in [3.8, 4) is 5.75 Å². The van der Waals surface area contributed by atoms with Crippen LogP contribution in [0.4, 0.5) is 5.69 Å². The van der Waals surface area contributed by atoms with Gasteiger partial charge in [0.15, 0.2) is 0 Å². The lowest BCUT2D eigenvalue weighted by molar-refractivity contribution is -0.118. The summed E-state index contributed by atoms with van der Waals surface area (Å²) < 4.78 is 5.71. The molecule has 0 saturated heterocycles. The molecule has 0 radical (unpaired) electrons. The van der Waals surface area contributed by atoms with E-state index in [9.17, 15) is 4.79 Å². The second-order valence-electron chi connectivity index (χ2n) is 5.66. The summed E-state index contributed by atoms with van der Waals surface area (Å²) in [5.74, 6) is 0.756. The Hall–Kier alpha value is -1.59. The van der Waals surface area contributed by atoms with E-state index in [-0.39, 0.29) is 11.8 Å². The number of hydrogen-bond acceptors (Lipinski definition) is 4. The van der Waals surface area contributed by atoms with Gasteiger partial charge in [0.1, 0.15) is 12.4 Å². The van der Waals surface area contributed by atoms with Crippen molar-refractivity contribution in [2.24, 2.45) is 11.7 Å². The summed E-state index contributed by atoms with van der Waals surface area (Å²) in [6, 6.07) is 6.89. The van der Waals surface area contributed by atoms with Gasteiger partial charge in [0.2, 0.25) is 5.91 Å². The van der Waals surface area contributed by atoms with Crippen LogP contribution in [0, 0.1) is 5.92 Å². The standard InChI is InChI=1S/C17H29N3O2/c1-5-20(6-2)11-12-22-15-9-7-14(8-10-15)19-17(21)16(18)13(3)4/h7-10,13,16H,5-6,11-12,18H2,1-4H3,(H,19,21). The van der Waals surface area contributed by atoms with Crippen LogP contribution in [0.1, 0.15) is 27.7 Å². The van der Waals surface area contributed by atoms with E-state index in [2.05, 4.69) is 24.1 Å². The summed E-state index contributed by atoms with van der Waals surface area (Å²) in [5.41, 5.74) is 6.55. The molecular formula is C17H29N3O2. The van der Waals surface area contributed by atoms with Gasteiger partial charge in [-0.25, -0.2) is 0 Å². The minimum absolute atomic E-state index is 0.114. The number of anilines is 1. The zero-order chi connectivity index (χ0) is 16.5. The average Bonchev–Trinajstić information content (AvgIpc) is 2.52. The maximum Gasteiger partial charge on any atom is 0.241 e. The third-order valence-corrected chi connectivity index (χ3v) is 3.71. The smallest absolute Gasteiger partial charge is 0.241 e. The molecule has 124 valence electrons. The molecule has 3 N–H and O–H groups in total. The number of amides is 1. The van der Waals surface area contributed by atoms with Gasteiger partial charge in [-0.1, -0.05) is 27.7 Å². The monoisotopic (exact) mass is 307 g/mol. The molecule has 5 nitrogen and oxygen atoms in total. The molecule has 1 rings (SSSR count). The van der Waals surface area contributed by atoms with Gasteiger partial charge in [-0.3, -0.25) is 4.79 Å². The Morgan fingerprint density at radius 1 is 1.23 bits per heavy atom. The molecule has 0 aliphatic rings. The Morgan fingerprint density at radius 2 is 1.82 bits per heavy atom. The number of ether oxygens (including phenoxy) is 1. The molecule has 0 aliphatic carbocycles. The fourth-order valence-corrected chi connectivity index (χ4v) is 2.00. The van der Waals surface area contributed by atoms with Crippen LogP contribution >= 0.6 is 0 Å². The number of rotatable bonds is 9. The fourth-order valence-electron chi connectivity index (χ4n) is 2.00. The van der Waals surface area contributed by atoms with E-state index < -0.39 is 6.04 Å². The van der Waals surface area contributed by atoms with Crippen molar-refractivity contribution >= 4 is 11.6 Å². The molecule has 22 heavy (non-hydrogen) atoms. The van der Waals surface area contributed by atoms with Gasteiger partial charge >= 0.3 is 0 Å². The van der Waals surface area contributed by atoms with Crippen molar-refractivity contribution < 1.29 is 9.53 Å². The van der Waals surface area contributed by atoms with Crippen molar-refractivity contribution in [1.82, 2.24) is 4.90 Å². The van der Waals surface area contributed by atoms with E-state index in [4.69, 9.17) is 10.5 Å². The molecular weight excluding hydrogens is 278 g/mol. The Balaban J connectivity index is 2.44. The van der Waals surface area contributed by atoms with Crippen LogP contribution in [0.2, 0.25) is 0 Å².